The van der Waals surface area contributed by atoms with Crippen LogP contribution in [-0.2, 0) is 6.18 Å². The molecule has 1 fully saturated rings. The molecule has 1 N–H and O–H groups in total. The van der Waals surface area contributed by atoms with Gasteiger partial charge in [-0.1, -0.05) is 29.3 Å². The predicted octanol–water partition coefficient (Wildman–Crippen LogP) is 5.78. The molecular weight excluding hydrogens is 386 g/mol. The number of benzene rings is 2. The van der Waals surface area contributed by atoms with E-state index in [1.165, 1.54) is 12.1 Å². The molecule has 1 aliphatic heterocycles. The van der Waals surface area contributed by atoms with Crippen LogP contribution in [0.1, 0.15) is 24.0 Å². The van der Waals surface area contributed by atoms with Crippen LogP contribution in [0.15, 0.2) is 42.5 Å². The fraction of sp³-hybridized carbons (Fsp3) is 0.368. The lowest BCUT2D eigenvalue weighted by molar-refractivity contribution is -0.137. The summed E-state index contributed by atoms with van der Waals surface area (Å²) in [5, 5.41) is 4.36. The van der Waals surface area contributed by atoms with Gasteiger partial charge in [-0.25, -0.2) is 0 Å². The average molecular weight is 404 g/mol. The number of alkyl halides is 3. The summed E-state index contributed by atoms with van der Waals surface area (Å²) < 4.78 is 43.9. The fourth-order valence-electron chi connectivity index (χ4n) is 3.32. The molecule has 1 heterocycles. The van der Waals surface area contributed by atoms with E-state index in [0.717, 1.165) is 30.8 Å². The van der Waals surface area contributed by atoms with Crippen LogP contribution in [0.3, 0.4) is 0 Å². The molecule has 7 heteroatoms. The van der Waals surface area contributed by atoms with E-state index in [1.54, 1.807) is 6.07 Å². The minimum atomic E-state index is -4.35. The van der Waals surface area contributed by atoms with Gasteiger partial charge in [-0.05, 0) is 48.9 Å². The fourth-order valence-corrected chi connectivity index (χ4v) is 3.63. The second-order valence-electron chi connectivity index (χ2n) is 6.45. The van der Waals surface area contributed by atoms with Crippen LogP contribution in [0.25, 0.3) is 0 Å². The molecule has 0 aliphatic carbocycles. The van der Waals surface area contributed by atoms with Crippen LogP contribution in [0.2, 0.25) is 10.0 Å². The van der Waals surface area contributed by atoms with Gasteiger partial charge >= 0.3 is 6.18 Å². The van der Waals surface area contributed by atoms with E-state index in [1.807, 2.05) is 19.1 Å². The molecule has 1 aliphatic rings. The Hall–Kier alpha value is -1.43. The maximum atomic E-state index is 12.7. The van der Waals surface area contributed by atoms with Crippen LogP contribution < -0.4 is 10.1 Å². The molecule has 0 spiro atoms. The topological polar surface area (TPSA) is 21.3 Å². The predicted molar refractivity (Wildman–Crippen MR) is 97.1 cm³/mol. The molecule has 0 bridgehead atoms. The van der Waals surface area contributed by atoms with E-state index >= 15 is 0 Å². The Morgan fingerprint density at radius 3 is 2.35 bits per heavy atom. The standard InChI is InChI=1S/C19H18Cl2F3NO/c1-11(26-14-5-3-13(4-6-14)19(22,23)24)15-9-25-10-16(15)12-2-7-17(20)18(21)8-12/h2-8,11,15-16,25H,9-10H2,1H3/t11?,15?,16-/m0/s1. The van der Waals surface area contributed by atoms with Crippen molar-refractivity contribution in [3.8, 4) is 5.75 Å². The van der Waals surface area contributed by atoms with Crippen molar-refractivity contribution in [1.29, 1.82) is 0 Å². The summed E-state index contributed by atoms with van der Waals surface area (Å²) >= 11 is 12.1. The van der Waals surface area contributed by atoms with E-state index in [4.69, 9.17) is 27.9 Å². The van der Waals surface area contributed by atoms with Crippen LogP contribution in [-0.4, -0.2) is 19.2 Å². The van der Waals surface area contributed by atoms with Crippen molar-refractivity contribution < 1.29 is 17.9 Å². The maximum absolute atomic E-state index is 12.7. The van der Waals surface area contributed by atoms with E-state index in [0.29, 0.717) is 15.8 Å². The number of ether oxygens (including phenoxy) is 1. The summed E-state index contributed by atoms with van der Waals surface area (Å²) in [4.78, 5) is 0. The maximum Gasteiger partial charge on any atom is 0.416 e. The first kappa shape index (κ1) is 19.3. The van der Waals surface area contributed by atoms with Crippen molar-refractivity contribution in [2.75, 3.05) is 13.1 Å². The third kappa shape index (κ3) is 4.27. The first-order valence-electron chi connectivity index (χ1n) is 8.25. The Labute approximate surface area is 160 Å². The minimum Gasteiger partial charge on any atom is -0.490 e. The quantitative estimate of drug-likeness (QED) is 0.697. The Bertz CT molecular complexity index is 764. The van der Waals surface area contributed by atoms with Gasteiger partial charge in [-0.3, -0.25) is 0 Å². The highest BCUT2D eigenvalue weighted by atomic mass is 35.5. The van der Waals surface area contributed by atoms with Crippen molar-refractivity contribution in [3.63, 3.8) is 0 Å². The van der Waals surface area contributed by atoms with Crippen LogP contribution in [0, 0.1) is 5.92 Å². The second kappa shape index (κ2) is 7.67. The van der Waals surface area contributed by atoms with Gasteiger partial charge in [0.05, 0.1) is 15.6 Å². The van der Waals surface area contributed by atoms with E-state index in [9.17, 15) is 13.2 Å². The van der Waals surface area contributed by atoms with Gasteiger partial charge in [0.2, 0.25) is 0 Å². The third-order valence-corrected chi connectivity index (χ3v) is 5.48. The number of halogens is 5. The van der Waals surface area contributed by atoms with Gasteiger partial charge < -0.3 is 10.1 Å². The molecule has 1 saturated heterocycles. The van der Waals surface area contributed by atoms with E-state index < -0.39 is 11.7 Å². The van der Waals surface area contributed by atoms with E-state index in [-0.39, 0.29) is 17.9 Å². The highest BCUT2D eigenvalue weighted by Gasteiger charge is 2.34. The van der Waals surface area contributed by atoms with Crippen molar-refractivity contribution >= 4 is 23.2 Å². The van der Waals surface area contributed by atoms with Gasteiger partial charge in [0, 0.05) is 24.9 Å². The van der Waals surface area contributed by atoms with Crippen molar-refractivity contribution in [2.45, 2.75) is 25.1 Å². The van der Waals surface area contributed by atoms with Crippen LogP contribution in [0.4, 0.5) is 13.2 Å². The molecule has 3 rings (SSSR count). The van der Waals surface area contributed by atoms with E-state index in [2.05, 4.69) is 5.32 Å². The van der Waals surface area contributed by atoms with Gasteiger partial charge in [0.15, 0.2) is 0 Å². The zero-order valence-electron chi connectivity index (χ0n) is 14.0. The molecule has 2 unspecified atom stereocenters. The summed E-state index contributed by atoms with van der Waals surface area (Å²) in [6, 6.07) is 10.4. The summed E-state index contributed by atoms with van der Waals surface area (Å²) in [6.45, 7) is 3.47. The zero-order valence-corrected chi connectivity index (χ0v) is 15.5. The monoisotopic (exact) mass is 403 g/mol. The SMILES string of the molecule is CC(Oc1ccc(C(F)(F)F)cc1)C1CNC[C@H]1c1ccc(Cl)c(Cl)c1. The Kier molecular flexibility index (Phi) is 5.70. The first-order valence-corrected chi connectivity index (χ1v) is 9.01. The zero-order chi connectivity index (χ0) is 18.9. The molecule has 2 aromatic carbocycles. The average Bonchev–Trinajstić information content (AvgIpc) is 3.07. The molecule has 26 heavy (non-hydrogen) atoms. The number of nitrogens with one attached hydrogen (secondary N) is 1. The first-order chi connectivity index (χ1) is 12.3. The Morgan fingerprint density at radius 1 is 1.04 bits per heavy atom. The highest BCUT2D eigenvalue weighted by molar-refractivity contribution is 6.42. The van der Waals surface area contributed by atoms with Crippen molar-refractivity contribution in [2.24, 2.45) is 5.92 Å². The van der Waals surface area contributed by atoms with Gasteiger partial charge in [0.25, 0.3) is 0 Å². The molecular formula is C19H18Cl2F3NO. The summed E-state index contributed by atoms with van der Waals surface area (Å²) in [5.74, 6) is 0.772. The van der Waals surface area contributed by atoms with Crippen LogP contribution >= 0.6 is 23.2 Å². The van der Waals surface area contributed by atoms with Crippen molar-refractivity contribution in [1.82, 2.24) is 5.32 Å². The summed E-state index contributed by atoms with van der Waals surface area (Å²) in [5.41, 5.74) is 0.381. The summed E-state index contributed by atoms with van der Waals surface area (Å²) in [7, 11) is 0. The van der Waals surface area contributed by atoms with Crippen LogP contribution in [0.5, 0.6) is 5.75 Å². The largest absolute Gasteiger partial charge is 0.490 e. The Morgan fingerprint density at radius 2 is 1.73 bits per heavy atom. The molecule has 140 valence electrons. The molecule has 0 amide bonds. The third-order valence-electron chi connectivity index (χ3n) is 4.74. The van der Waals surface area contributed by atoms with Gasteiger partial charge in [0.1, 0.15) is 11.9 Å². The molecule has 2 nitrogen and oxygen atoms in total. The molecule has 0 aromatic heterocycles. The van der Waals surface area contributed by atoms with Crippen molar-refractivity contribution in [3.05, 3.63) is 63.6 Å². The highest BCUT2D eigenvalue weighted by Crippen LogP contribution is 2.36. The Balaban J connectivity index is 1.72. The lowest BCUT2D eigenvalue weighted by Crippen LogP contribution is -2.29. The molecule has 2 aromatic rings. The minimum absolute atomic E-state index is 0.162. The number of rotatable bonds is 4. The number of hydrogen-bond donors (Lipinski definition) is 1. The normalized spacial score (nSPS) is 21.6. The molecule has 0 radical (unpaired) electrons. The molecule has 0 saturated carbocycles. The number of hydrogen-bond acceptors (Lipinski definition) is 2. The summed E-state index contributed by atoms with van der Waals surface area (Å²) in [6.07, 6.45) is -4.53. The molecule has 3 atom stereocenters. The second-order valence-corrected chi connectivity index (χ2v) is 7.26. The smallest absolute Gasteiger partial charge is 0.416 e. The van der Waals surface area contributed by atoms with Gasteiger partial charge in [-0.2, -0.15) is 13.2 Å². The lowest BCUT2D eigenvalue weighted by Gasteiger charge is -2.26. The van der Waals surface area contributed by atoms with Gasteiger partial charge in [-0.15, -0.1) is 0 Å². The lowest BCUT2D eigenvalue weighted by atomic mass is 9.85.